The molecule has 0 bridgehead atoms. The molecular weight excluding hydrogens is 315 g/mol. The minimum absolute atomic E-state index is 0.0160. The highest BCUT2D eigenvalue weighted by Crippen LogP contribution is 2.08. The van der Waals surface area contributed by atoms with Crippen LogP contribution in [0, 0.1) is 5.82 Å². The first-order valence-corrected chi connectivity index (χ1v) is 6.84. The zero-order valence-electron chi connectivity index (χ0n) is 12.7. The number of esters is 1. The van der Waals surface area contributed by atoms with Crippen LogP contribution in [0.3, 0.4) is 0 Å². The third kappa shape index (κ3) is 4.10. The van der Waals surface area contributed by atoms with E-state index in [1.165, 1.54) is 12.1 Å². The largest absolute Gasteiger partial charge is 0.463 e. The van der Waals surface area contributed by atoms with Crippen molar-refractivity contribution in [2.75, 3.05) is 12.5 Å². The number of anilines is 1. The van der Waals surface area contributed by atoms with Gasteiger partial charge in [0.15, 0.2) is 5.71 Å². The van der Waals surface area contributed by atoms with Crippen molar-refractivity contribution in [1.82, 2.24) is 0 Å². The summed E-state index contributed by atoms with van der Waals surface area (Å²) in [5, 5.41) is 3.73. The van der Waals surface area contributed by atoms with Crippen molar-refractivity contribution in [1.29, 1.82) is 0 Å². The van der Waals surface area contributed by atoms with Crippen LogP contribution in [0.1, 0.15) is 10.4 Å². The van der Waals surface area contributed by atoms with Crippen LogP contribution in [0.4, 0.5) is 10.1 Å². The molecule has 24 heavy (non-hydrogen) atoms. The lowest BCUT2D eigenvalue weighted by molar-refractivity contribution is -0.148. The number of ether oxygens (including phenoxy) is 1. The second kappa shape index (κ2) is 7.77. The number of hydrogen-bond donors (Lipinski definition) is 1. The molecule has 2 aromatic rings. The predicted octanol–water partition coefficient (Wildman–Crippen LogP) is 2.22. The Balaban J connectivity index is 2.35. The maximum absolute atomic E-state index is 13.0. The van der Waals surface area contributed by atoms with E-state index >= 15 is 0 Å². The number of hydrazone groups is 1. The van der Waals surface area contributed by atoms with Gasteiger partial charge >= 0.3 is 5.97 Å². The van der Waals surface area contributed by atoms with E-state index in [1.54, 1.807) is 30.3 Å². The number of halogens is 1. The second-order valence-corrected chi connectivity index (χ2v) is 4.59. The van der Waals surface area contributed by atoms with Gasteiger partial charge in [0.25, 0.3) is 5.78 Å². The molecule has 2 aromatic carbocycles. The molecule has 0 aliphatic carbocycles. The van der Waals surface area contributed by atoms with E-state index in [2.05, 4.69) is 15.3 Å². The first-order valence-electron chi connectivity index (χ1n) is 6.84. The van der Waals surface area contributed by atoms with E-state index in [4.69, 9.17) is 0 Å². The van der Waals surface area contributed by atoms with Crippen molar-refractivity contribution in [3.63, 3.8) is 0 Å². The molecule has 0 fully saturated rings. The molecule has 0 radical (unpaired) electrons. The Morgan fingerprint density at radius 3 is 2.21 bits per heavy atom. The number of para-hydroxylation sites is 1. The van der Waals surface area contributed by atoms with Gasteiger partial charge < -0.3 is 4.74 Å². The van der Waals surface area contributed by atoms with Crippen LogP contribution in [0.15, 0.2) is 59.7 Å². The summed E-state index contributed by atoms with van der Waals surface area (Å²) in [5.41, 5.74) is 2.41. The third-order valence-electron chi connectivity index (χ3n) is 2.98. The summed E-state index contributed by atoms with van der Waals surface area (Å²) in [5.74, 6) is -3.78. The number of methoxy groups -OCH3 is 1. The quantitative estimate of drug-likeness (QED) is 0.219. The lowest BCUT2D eigenvalue weighted by atomic mass is 10.0. The topological polar surface area (TPSA) is 84.8 Å². The van der Waals surface area contributed by atoms with Crippen molar-refractivity contribution >= 4 is 28.9 Å². The summed E-state index contributed by atoms with van der Waals surface area (Å²) in [6, 6.07) is 13.1. The van der Waals surface area contributed by atoms with E-state index in [-0.39, 0.29) is 5.56 Å². The molecule has 2 rings (SSSR count). The zero-order valence-corrected chi connectivity index (χ0v) is 12.7. The Labute approximate surface area is 136 Å². The van der Waals surface area contributed by atoms with Crippen LogP contribution in [0.5, 0.6) is 0 Å². The first-order chi connectivity index (χ1) is 11.5. The number of nitrogens with one attached hydrogen (secondary N) is 1. The number of carbonyl (C=O) groups excluding carboxylic acids is 3. The number of hydrogen-bond acceptors (Lipinski definition) is 6. The van der Waals surface area contributed by atoms with Gasteiger partial charge in [-0.3, -0.25) is 15.0 Å². The van der Waals surface area contributed by atoms with Gasteiger partial charge in [0.2, 0.25) is 5.78 Å². The average molecular weight is 328 g/mol. The molecule has 122 valence electrons. The van der Waals surface area contributed by atoms with E-state index in [1.807, 2.05) is 0 Å². The summed E-state index contributed by atoms with van der Waals surface area (Å²) < 4.78 is 17.3. The Morgan fingerprint density at radius 2 is 1.62 bits per heavy atom. The Morgan fingerprint density at radius 1 is 1.00 bits per heavy atom. The first kappa shape index (κ1) is 17.0. The monoisotopic (exact) mass is 328 g/mol. The van der Waals surface area contributed by atoms with Crippen molar-refractivity contribution in [2.24, 2.45) is 5.10 Å². The van der Waals surface area contributed by atoms with E-state index in [9.17, 15) is 18.8 Å². The molecule has 1 N–H and O–H groups in total. The normalized spacial score (nSPS) is 10.8. The van der Waals surface area contributed by atoms with E-state index < -0.39 is 29.1 Å². The minimum atomic E-state index is -1.22. The van der Waals surface area contributed by atoms with Crippen LogP contribution in [0.2, 0.25) is 0 Å². The van der Waals surface area contributed by atoms with Gasteiger partial charge in [-0.05, 0) is 36.4 Å². The molecule has 0 atom stereocenters. The zero-order chi connectivity index (χ0) is 17.5. The maximum atomic E-state index is 13.0. The minimum Gasteiger partial charge on any atom is -0.463 e. The third-order valence-corrected chi connectivity index (χ3v) is 2.98. The van der Waals surface area contributed by atoms with Crippen LogP contribution in [-0.2, 0) is 14.3 Å². The number of rotatable bonds is 6. The van der Waals surface area contributed by atoms with E-state index in [0.29, 0.717) is 5.69 Å². The molecule has 0 spiro atoms. The highest BCUT2D eigenvalue weighted by Gasteiger charge is 2.28. The Kier molecular flexibility index (Phi) is 5.51. The number of nitrogens with zero attached hydrogens (tertiary/aromatic N) is 1. The van der Waals surface area contributed by atoms with Gasteiger partial charge in [-0.15, -0.1) is 0 Å². The number of ketones is 2. The van der Waals surface area contributed by atoms with Crippen LogP contribution >= 0.6 is 0 Å². The van der Waals surface area contributed by atoms with Crippen molar-refractivity contribution < 1.29 is 23.5 Å². The molecule has 0 saturated heterocycles. The maximum Gasteiger partial charge on any atom is 0.381 e. The second-order valence-electron chi connectivity index (χ2n) is 4.59. The van der Waals surface area contributed by atoms with Crippen molar-refractivity contribution in [2.45, 2.75) is 0 Å². The lowest BCUT2D eigenvalue weighted by Crippen LogP contribution is -2.32. The number of benzene rings is 2. The fraction of sp³-hybridized carbons (Fsp3) is 0.0588. The molecule has 6 nitrogen and oxygen atoms in total. The number of Topliss-reactive ketones (excluding diaryl/α,β-unsaturated/α-hetero) is 2. The summed E-state index contributed by atoms with van der Waals surface area (Å²) in [7, 11) is 1.02. The molecule has 0 saturated carbocycles. The SMILES string of the molecule is COC(=O)C(=O)C(=NNc1ccccc1)C(=O)c1ccc(F)cc1. The molecule has 7 heteroatoms. The highest BCUT2D eigenvalue weighted by atomic mass is 19.1. The summed E-state index contributed by atoms with van der Waals surface area (Å²) in [6.45, 7) is 0. The van der Waals surface area contributed by atoms with Gasteiger partial charge in [0, 0.05) is 5.56 Å². The Hall–Kier alpha value is -3.35. The summed E-state index contributed by atoms with van der Waals surface area (Å²) in [4.78, 5) is 35.9. The molecule has 0 amide bonds. The van der Waals surface area contributed by atoms with Crippen LogP contribution < -0.4 is 5.43 Å². The lowest BCUT2D eigenvalue weighted by Gasteiger charge is -2.06. The Bertz CT molecular complexity index is 786. The smallest absolute Gasteiger partial charge is 0.381 e. The summed E-state index contributed by atoms with van der Waals surface area (Å²) >= 11 is 0. The van der Waals surface area contributed by atoms with Gasteiger partial charge in [-0.25, -0.2) is 9.18 Å². The molecular formula is C17H13FN2O4. The van der Waals surface area contributed by atoms with Gasteiger partial charge in [0.05, 0.1) is 12.8 Å². The van der Waals surface area contributed by atoms with E-state index in [0.717, 1.165) is 19.2 Å². The fourth-order valence-corrected chi connectivity index (χ4v) is 1.77. The van der Waals surface area contributed by atoms with Crippen molar-refractivity contribution in [3.05, 3.63) is 66.0 Å². The standard InChI is InChI=1S/C17H13FN2O4/c1-24-17(23)16(22)14(20-19-13-5-3-2-4-6-13)15(21)11-7-9-12(18)10-8-11/h2-10,19H,1H3. The molecule has 0 aliphatic rings. The average Bonchev–Trinajstić information content (AvgIpc) is 2.62. The summed E-state index contributed by atoms with van der Waals surface area (Å²) in [6.07, 6.45) is 0. The predicted molar refractivity (Wildman–Crippen MR) is 85.3 cm³/mol. The molecule has 0 aromatic heterocycles. The highest BCUT2D eigenvalue weighted by molar-refractivity contribution is 6.80. The fourth-order valence-electron chi connectivity index (χ4n) is 1.77. The van der Waals surface area contributed by atoms with Gasteiger partial charge in [0.1, 0.15) is 5.82 Å². The molecule has 0 aliphatic heterocycles. The molecule has 0 heterocycles. The van der Waals surface area contributed by atoms with Gasteiger partial charge in [-0.2, -0.15) is 5.10 Å². The van der Waals surface area contributed by atoms with Crippen LogP contribution in [0.25, 0.3) is 0 Å². The molecule has 0 unspecified atom stereocenters. The van der Waals surface area contributed by atoms with Crippen LogP contribution in [-0.4, -0.2) is 30.4 Å². The van der Waals surface area contributed by atoms with Gasteiger partial charge in [-0.1, -0.05) is 18.2 Å². The van der Waals surface area contributed by atoms with Crippen molar-refractivity contribution in [3.8, 4) is 0 Å². The number of carbonyl (C=O) groups is 3.